The second kappa shape index (κ2) is 9.64. The van der Waals surface area contributed by atoms with Gasteiger partial charge in [-0.05, 0) is 18.2 Å². The summed E-state index contributed by atoms with van der Waals surface area (Å²) in [6.45, 7) is 2.82. The molecule has 0 bridgehead atoms. The molecule has 2 heterocycles. The highest BCUT2D eigenvalue weighted by molar-refractivity contribution is 7.98. The molecule has 0 radical (unpaired) electrons. The number of thioether (sulfide) groups is 1. The summed E-state index contributed by atoms with van der Waals surface area (Å²) >= 11 is 1.73. The molecule has 1 N–H and O–H groups in total. The van der Waals surface area contributed by atoms with Crippen molar-refractivity contribution in [3.8, 4) is 17.2 Å². The molecule has 1 aliphatic rings. The minimum atomic E-state index is 0.217. The maximum Gasteiger partial charge on any atom is 0.248 e. The highest BCUT2D eigenvalue weighted by Gasteiger charge is 2.34. The first-order chi connectivity index (χ1) is 14.6. The third-order valence-electron chi connectivity index (χ3n) is 5.37. The number of hydrogen-bond acceptors (Lipinski definition) is 6. The lowest BCUT2D eigenvalue weighted by Gasteiger charge is -2.42. The molecule has 0 aliphatic carbocycles. The number of hydrogen-bond donors (Lipinski definition) is 1. The van der Waals surface area contributed by atoms with Gasteiger partial charge in [0.1, 0.15) is 5.75 Å². The van der Waals surface area contributed by atoms with E-state index in [9.17, 15) is 0 Å². The zero-order valence-corrected chi connectivity index (χ0v) is 18.4. The van der Waals surface area contributed by atoms with E-state index in [1.807, 2.05) is 36.4 Å². The Hall–Kier alpha value is -2.35. The van der Waals surface area contributed by atoms with Crippen LogP contribution in [0.2, 0.25) is 0 Å². The van der Waals surface area contributed by atoms with Gasteiger partial charge < -0.3 is 13.6 Å². The van der Waals surface area contributed by atoms with Gasteiger partial charge in [0.05, 0.1) is 33.0 Å². The lowest BCUT2D eigenvalue weighted by Crippen LogP contribution is -2.54. The summed E-state index contributed by atoms with van der Waals surface area (Å²) in [4.78, 5) is 0. The van der Waals surface area contributed by atoms with Crippen LogP contribution in [0, 0.1) is 0 Å². The minimum Gasteiger partial charge on any atom is -0.493 e. The number of aromatic nitrogens is 2. The largest absolute Gasteiger partial charge is 0.493 e. The molecule has 1 fully saturated rings. The molecule has 0 saturated carbocycles. The molecule has 7 heteroatoms. The Morgan fingerprint density at radius 2 is 1.90 bits per heavy atom. The van der Waals surface area contributed by atoms with E-state index in [1.54, 1.807) is 11.8 Å². The Kier molecular flexibility index (Phi) is 6.72. The van der Waals surface area contributed by atoms with Gasteiger partial charge >= 0.3 is 0 Å². The Morgan fingerprint density at radius 3 is 2.73 bits per heavy atom. The SMILES string of the molecule is C[N+]1(C)CCCNC1c1ccccc1-c1nnc(CSCCOc2ccccc2)o1. The van der Waals surface area contributed by atoms with E-state index < -0.39 is 0 Å². The van der Waals surface area contributed by atoms with Gasteiger partial charge in [-0.3, -0.25) is 5.32 Å². The standard InChI is InChI=1S/C23H29N4O2S/c1-27(2)14-8-13-24-22(27)19-11-6-7-12-20(19)23-26-25-21(29-23)17-30-16-15-28-18-9-4-3-5-10-18/h3-7,9-12,22,24H,8,13-17H2,1-2H3/q+1. The van der Waals surface area contributed by atoms with Crippen LogP contribution in [0.1, 0.15) is 24.0 Å². The fourth-order valence-corrected chi connectivity index (χ4v) is 4.47. The van der Waals surface area contributed by atoms with Crippen molar-refractivity contribution in [1.82, 2.24) is 15.5 Å². The molecular formula is C23H29N4O2S+. The second-order valence-electron chi connectivity index (χ2n) is 8.01. The van der Waals surface area contributed by atoms with Gasteiger partial charge in [-0.1, -0.05) is 36.4 Å². The van der Waals surface area contributed by atoms with Crippen molar-refractivity contribution in [1.29, 1.82) is 0 Å². The topological polar surface area (TPSA) is 60.2 Å². The fraction of sp³-hybridized carbons (Fsp3) is 0.391. The van der Waals surface area contributed by atoms with Crippen LogP contribution < -0.4 is 10.1 Å². The highest BCUT2D eigenvalue weighted by Crippen LogP contribution is 2.33. The lowest BCUT2D eigenvalue weighted by atomic mass is 10.0. The predicted molar refractivity (Wildman–Crippen MR) is 120 cm³/mol. The molecule has 158 valence electrons. The van der Waals surface area contributed by atoms with Gasteiger partial charge in [0.2, 0.25) is 11.8 Å². The number of para-hydroxylation sites is 1. The Bertz CT molecular complexity index is 945. The fourth-order valence-electron chi connectivity index (χ4n) is 3.83. The van der Waals surface area contributed by atoms with Crippen molar-refractivity contribution in [2.24, 2.45) is 0 Å². The van der Waals surface area contributed by atoms with Crippen molar-refractivity contribution in [2.45, 2.75) is 18.3 Å². The molecular weight excluding hydrogens is 396 g/mol. The van der Waals surface area contributed by atoms with Gasteiger partial charge in [-0.2, -0.15) is 0 Å². The molecule has 2 aromatic carbocycles. The first-order valence-corrected chi connectivity index (χ1v) is 11.5. The number of rotatable bonds is 8. The second-order valence-corrected chi connectivity index (χ2v) is 9.12. The summed E-state index contributed by atoms with van der Waals surface area (Å²) in [5, 5.41) is 12.3. The molecule has 1 atom stereocenters. The summed E-state index contributed by atoms with van der Waals surface area (Å²) in [6.07, 6.45) is 1.40. The van der Waals surface area contributed by atoms with Crippen LogP contribution in [0.3, 0.4) is 0 Å². The summed E-state index contributed by atoms with van der Waals surface area (Å²) in [7, 11) is 4.53. The molecule has 6 nitrogen and oxygen atoms in total. The number of nitrogens with zero attached hydrogens (tertiary/aromatic N) is 3. The van der Waals surface area contributed by atoms with Crippen LogP contribution in [0.4, 0.5) is 0 Å². The Balaban J connectivity index is 1.37. The van der Waals surface area contributed by atoms with E-state index in [0.29, 0.717) is 24.1 Å². The molecule has 1 aliphatic heterocycles. The summed E-state index contributed by atoms with van der Waals surface area (Å²) < 4.78 is 12.6. The highest BCUT2D eigenvalue weighted by atomic mass is 32.2. The average molecular weight is 426 g/mol. The van der Waals surface area contributed by atoms with Gasteiger partial charge in [0.15, 0.2) is 6.17 Å². The minimum absolute atomic E-state index is 0.217. The molecule has 4 rings (SSSR count). The molecule has 30 heavy (non-hydrogen) atoms. The van der Waals surface area contributed by atoms with Crippen molar-refractivity contribution >= 4 is 11.8 Å². The lowest BCUT2D eigenvalue weighted by molar-refractivity contribution is -0.929. The summed E-state index contributed by atoms with van der Waals surface area (Å²) in [5.74, 6) is 3.67. The van der Waals surface area contributed by atoms with Gasteiger partial charge in [-0.25, -0.2) is 0 Å². The average Bonchev–Trinajstić information content (AvgIpc) is 3.23. The predicted octanol–water partition coefficient (Wildman–Crippen LogP) is 4.12. The first kappa shape index (κ1) is 20.9. The molecule has 1 aromatic heterocycles. The Labute approximate surface area is 182 Å². The molecule has 3 aromatic rings. The van der Waals surface area contributed by atoms with Crippen LogP contribution >= 0.6 is 11.8 Å². The van der Waals surface area contributed by atoms with Gasteiger partial charge in [0.25, 0.3) is 0 Å². The van der Waals surface area contributed by atoms with E-state index in [-0.39, 0.29) is 6.17 Å². The van der Waals surface area contributed by atoms with Crippen LogP contribution in [-0.2, 0) is 5.75 Å². The Morgan fingerprint density at radius 1 is 1.10 bits per heavy atom. The van der Waals surface area contributed by atoms with Gasteiger partial charge in [-0.15, -0.1) is 22.0 Å². The number of quaternary nitrogens is 1. The monoisotopic (exact) mass is 425 g/mol. The van der Waals surface area contributed by atoms with E-state index in [4.69, 9.17) is 9.15 Å². The zero-order chi connectivity index (χ0) is 20.8. The maximum absolute atomic E-state index is 6.02. The van der Waals surface area contributed by atoms with Crippen molar-refractivity contribution in [3.05, 3.63) is 66.1 Å². The quantitative estimate of drug-likeness (QED) is 0.433. The van der Waals surface area contributed by atoms with E-state index in [2.05, 4.69) is 47.8 Å². The van der Waals surface area contributed by atoms with Crippen LogP contribution in [-0.4, -0.2) is 54.2 Å². The molecule has 0 spiro atoms. The van der Waals surface area contributed by atoms with Crippen molar-refractivity contribution < 1.29 is 13.6 Å². The smallest absolute Gasteiger partial charge is 0.248 e. The third-order valence-corrected chi connectivity index (χ3v) is 6.27. The maximum atomic E-state index is 6.02. The zero-order valence-electron chi connectivity index (χ0n) is 17.6. The molecule has 1 saturated heterocycles. The summed E-state index contributed by atoms with van der Waals surface area (Å²) in [5.41, 5.74) is 2.22. The van der Waals surface area contributed by atoms with E-state index in [1.165, 1.54) is 12.0 Å². The summed E-state index contributed by atoms with van der Waals surface area (Å²) in [6, 6.07) is 18.2. The third kappa shape index (κ3) is 5.03. The molecule has 1 unspecified atom stereocenters. The molecule has 0 amide bonds. The van der Waals surface area contributed by atoms with Crippen LogP contribution in [0.5, 0.6) is 5.75 Å². The normalized spacial score (nSPS) is 18.3. The van der Waals surface area contributed by atoms with Crippen molar-refractivity contribution in [3.63, 3.8) is 0 Å². The first-order valence-electron chi connectivity index (χ1n) is 10.4. The number of benzene rings is 2. The van der Waals surface area contributed by atoms with E-state index >= 15 is 0 Å². The van der Waals surface area contributed by atoms with Gasteiger partial charge in [0, 0.05) is 29.8 Å². The van der Waals surface area contributed by atoms with Crippen molar-refractivity contribution in [2.75, 3.05) is 39.5 Å². The number of nitrogens with one attached hydrogen (secondary N) is 1. The van der Waals surface area contributed by atoms with E-state index in [0.717, 1.165) is 34.6 Å². The van der Waals surface area contributed by atoms with Crippen LogP contribution in [0.25, 0.3) is 11.5 Å². The van der Waals surface area contributed by atoms with Crippen LogP contribution in [0.15, 0.2) is 59.0 Å². The number of ether oxygens (including phenoxy) is 1.